The lowest BCUT2D eigenvalue weighted by Gasteiger charge is -2.32. The van der Waals surface area contributed by atoms with E-state index in [1.807, 2.05) is 24.3 Å². The summed E-state index contributed by atoms with van der Waals surface area (Å²) in [6, 6.07) is 12.8. The first-order valence-electron chi connectivity index (χ1n) is 10.3. The molecule has 2 N–H and O–H groups in total. The Kier molecular flexibility index (Phi) is 6.06. The van der Waals surface area contributed by atoms with Crippen LogP contribution in [0.4, 0.5) is 0 Å². The number of likely N-dealkylation sites (tertiary alicyclic amines) is 1. The minimum Gasteiger partial charge on any atom is -0.493 e. The molecule has 2 aromatic carbocycles. The van der Waals surface area contributed by atoms with Crippen LogP contribution in [0.15, 0.2) is 42.5 Å². The molecule has 8 nitrogen and oxygen atoms in total. The van der Waals surface area contributed by atoms with Crippen molar-refractivity contribution in [2.24, 2.45) is 0 Å². The monoisotopic (exact) mass is 422 g/mol. The number of hydrogen-bond donors (Lipinski definition) is 2. The van der Waals surface area contributed by atoms with Crippen molar-refractivity contribution in [2.75, 3.05) is 33.9 Å². The molecule has 0 aliphatic carbocycles. The SMILES string of the molecule is COc1ccc(C(=O)NCC(=O)N2CCC[C@@H](c3nc4ccccc4[nH]3)C2)cc1OC. The van der Waals surface area contributed by atoms with Crippen LogP contribution in [0.5, 0.6) is 11.5 Å². The summed E-state index contributed by atoms with van der Waals surface area (Å²) in [6.07, 6.45) is 1.87. The second-order valence-corrected chi connectivity index (χ2v) is 7.57. The zero-order chi connectivity index (χ0) is 21.8. The fourth-order valence-electron chi connectivity index (χ4n) is 3.94. The Balaban J connectivity index is 1.36. The van der Waals surface area contributed by atoms with Crippen molar-refractivity contribution in [3.05, 3.63) is 53.9 Å². The maximum Gasteiger partial charge on any atom is 0.251 e. The molecule has 0 bridgehead atoms. The summed E-state index contributed by atoms with van der Waals surface area (Å²) < 4.78 is 10.4. The minimum atomic E-state index is -0.333. The quantitative estimate of drug-likeness (QED) is 0.637. The van der Waals surface area contributed by atoms with Crippen LogP contribution in [0.25, 0.3) is 11.0 Å². The van der Waals surface area contributed by atoms with Gasteiger partial charge in [-0.3, -0.25) is 9.59 Å². The predicted octanol–water partition coefficient (Wildman–Crippen LogP) is 2.72. The Labute approximate surface area is 180 Å². The van der Waals surface area contributed by atoms with Crippen molar-refractivity contribution in [1.82, 2.24) is 20.2 Å². The number of ether oxygens (including phenoxy) is 2. The summed E-state index contributed by atoms with van der Waals surface area (Å²) in [4.78, 5) is 35.1. The Morgan fingerprint density at radius 3 is 2.74 bits per heavy atom. The molecule has 1 aliphatic rings. The molecule has 0 saturated carbocycles. The highest BCUT2D eigenvalue weighted by molar-refractivity contribution is 5.97. The molecule has 4 rings (SSSR count). The van der Waals surface area contributed by atoms with Gasteiger partial charge >= 0.3 is 0 Å². The highest BCUT2D eigenvalue weighted by Gasteiger charge is 2.27. The number of hydrogen-bond acceptors (Lipinski definition) is 5. The van der Waals surface area contributed by atoms with E-state index in [-0.39, 0.29) is 24.3 Å². The Morgan fingerprint density at radius 1 is 1.16 bits per heavy atom. The molecule has 31 heavy (non-hydrogen) atoms. The van der Waals surface area contributed by atoms with Crippen molar-refractivity contribution >= 4 is 22.8 Å². The molecular weight excluding hydrogens is 396 g/mol. The van der Waals surface area contributed by atoms with Crippen LogP contribution in [0.3, 0.4) is 0 Å². The smallest absolute Gasteiger partial charge is 0.251 e. The minimum absolute atomic E-state index is 0.0555. The zero-order valence-corrected chi connectivity index (χ0v) is 17.7. The molecule has 3 aromatic rings. The van der Waals surface area contributed by atoms with E-state index >= 15 is 0 Å². The third-order valence-corrected chi connectivity index (χ3v) is 5.61. The molecule has 1 aromatic heterocycles. The number of carbonyl (C=O) groups is 2. The first-order valence-corrected chi connectivity index (χ1v) is 10.3. The van der Waals surface area contributed by atoms with Crippen LogP contribution in [-0.2, 0) is 4.79 Å². The molecule has 1 fully saturated rings. The van der Waals surface area contributed by atoms with Gasteiger partial charge in [0.15, 0.2) is 11.5 Å². The average molecular weight is 422 g/mol. The van der Waals surface area contributed by atoms with Gasteiger partial charge in [-0.25, -0.2) is 4.98 Å². The topological polar surface area (TPSA) is 96.5 Å². The van der Waals surface area contributed by atoms with E-state index in [2.05, 4.69) is 15.3 Å². The number of benzene rings is 2. The summed E-state index contributed by atoms with van der Waals surface area (Å²) in [5, 5.41) is 2.71. The summed E-state index contributed by atoms with van der Waals surface area (Å²) in [7, 11) is 3.05. The molecule has 8 heteroatoms. The van der Waals surface area contributed by atoms with Crippen LogP contribution in [0.2, 0.25) is 0 Å². The molecule has 1 atom stereocenters. The van der Waals surface area contributed by atoms with Crippen molar-refractivity contribution in [3.63, 3.8) is 0 Å². The number of carbonyl (C=O) groups excluding carboxylic acids is 2. The standard InChI is InChI=1S/C23H26N4O4/c1-30-19-10-9-15(12-20(19)31-2)23(29)24-13-21(28)27-11-5-6-16(14-27)22-25-17-7-3-4-8-18(17)26-22/h3-4,7-10,12,16H,5-6,11,13-14H2,1-2H3,(H,24,29)(H,25,26)/t16-/m1/s1. The van der Waals surface area contributed by atoms with Gasteiger partial charge in [0.05, 0.1) is 31.8 Å². The lowest BCUT2D eigenvalue weighted by molar-refractivity contribution is -0.131. The Bertz CT molecular complexity index is 1060. The molecule has 1 saturated heterocycles. The highest BCUT2D eigenvalue weighted by Crippen LogP contribution is 2.28. The van der Waals surface area contributed by atoms with Crippen LogP contribution >= 0.6 is 0 Å². The number of imidazole rings is 1. The van der Waals surface area contributed by atoms with Gasteiger partial charge in [0.2, 0.25) is 5.91 Å². The molecule has 0 spiro atoms. The fourth-order valence-corrected chi connectivity index (χ4v) is 3.94. The third-order valence-electron chi connectivity index (χ3n) is 5.61. The number of nitrogens with one attached hydrogen (secondary N) is 2. The third kappa shape index (κ3) is 4.47. The van der Waals surface area contributed by atoms with E-state index in [1.165, 1.54) is 14.2 Å². The van der Waals surface area contributed by atoms with Gasteiger partial charge in [-0.2, -0.15) is 0 Å². The number of aromatic amines is 1. The number of nitrogens with zero attached hydrogens (tertiary/aromatic N) is 2. The van der Waals surface area contributed by atoms with E-state index in [1.54, 1.807) is 23.1 Å². The van der Waals surface area contributed by atoms with Crippen LogP contribution < -0.4 is 14.8 Å². The van der Waals surface area contributed by atoms with E-state index < -0.39 is 0 Å². The molecule has 162 valence electrons. The first-order chi connectivity index (χ1) is 15.1. The van der Waals surface area contributed by atoms with Gasteiger partial charge in [-0.1, -0.05) is 12.1 Å². The molecule has 2 amide bonds. The largest absolute Gasteiger partial charge is 0.493 e. The van der Waals surface area contributed by atoms with Gasteiger partial charge < -0.3 is 24.7 Å². The van der Waals surface area contributed by atoms with Gasteiger partial charge in [-0.05, 0) is 43.2 Å². The van der Waals surface area contributed by atoms with E-state index in [9.17, 15) is 9.59 Å². The van der Waals surface area contributed by atoms with Crippen molar-refractivity contribution in [2.45, 2.75) is 18.8 Å². The van der Waals surface area contributed by atoms with Gasteiger partial charge in [-0.15, -0.1) is 0 Å². The van der Waals surface area contributed by atoms with E-state index in [0.717, 1.165) is 29.7 Å². The van der Waals surface area contributed by atoms with E-state index in [4.69, 9.17) is 9.47 Å². The van der Waals surface area contributed by atoms with Gasteiger partial charge in [0.1, 0.15) is 5.82 Å². The fraction of sp³-hybridized carbons (Fsp3) is 0.348. The number of methoxy groups -OCH3 is 2. The normalized spacial score (nSPS) is 16.2. The molecular formula is C23H26N4O4. The maximum absolute atomic E-state index is 12.7. The van der Waals surface area contributed by atoms with Gasteiger partial charge in [0.25, 0.3) is 5.91 Å². The van der Waals surface area contributed by atoms with E-state index in [0.29, 0.717) is 30.2 Å². The van der Waals surface area contributed by atoms with Gasteiger partial charge in [0, 0.05) is 24.6 Å². The lowest BCUT2D eigenvalue weighted by atomic mass is 9.97. The molecule has 0 unspecified atom stereocenters. The highest BCUT2D eigenvalue weighted by atomic mass is 16.5. The molecule has 2 heterocycles. The summed E-state index contributed by atoms with van der Waals surface area (Å²) in [5.41, 5.74) is 2.34. The lowest BCUT2D eigenvalue weighted by Crippen LogP contribution is -2.44. The summed E-state index contributed by atoms with van der Waals surface area (Å²) >= 11 is 0. The predicted molar refractivity (Wildman–Crippen MR) is 117 cm³/mol. The Hall–Kier alpha value is -3.55. The first kappa shape index (κ1) is 20.7. The maximum atomic E-state index is 12.7. The van der Waals surface area contributed by atoms with Crippen LogP contribution in [-0.4, -0.2) is 60.5 Å². The number of amides is 2. The number of H-pyrrole nitrogens is 1. The second-order valence-electron chi connectivity index (χ2n) is 7.57. The van der Waals surface area contributed by atoms with Crippen molar-refractivity contribution in [1.29, 1.82) is 0 Å². The molecule has 0 radical (unpaired) electrons. The summed E-state index contributed by atoms with van der Waals surface area (Å²) in [5.74, 6) is 1.64. The number of piperidine rings is 1. The van der Waals surface area contributed by atoms with Crippen molar-refractivity contribution in [3.8, 4) is 11.5 Å². The second kappa shape index (κ2) is 9.07. The number of aromatic nitrogens is 2. The summed E-state index contributed by atoms with van der Waals surface area (Å²) in [6.45, 7) is 1.21. The average Bonchev–Trinajstić information content (AvgIpc) is 3.26. The van der Waals surface area contributed by atoms with Crippen molar-refractivity contribution < 1.29 is 19.1 Å². The molecule has 1 aliphatic heterocycles. The number of para-hydroxylation sites is 2. The Morgan fingerprint density at radius 2 is 1.97 bits per heavy atom. The number of fused-ring (bicyclic) bond motifs is 1. The van der Waals surface area contributed by atoms with Crippen LogP contribution in [0, 0.1) is 0 Å². The zero-order valence-electron chi connectivity index (χ0n) is 17.7. The van der Waals surface area contributed by atoms with Crippen LogP contribution in [0.1, 0.15) is 34.9 Å². The number of rotatable bonds is 6.